The van der Waals surface area contributed by atoms with E-state index >= 15 is 0 Å². The van der Waals surface area contributed by atoms with E-state index in [9.17, 15) is 18.0 Å². The number of amides is 3. The van der Waals surface area contributed by atoms with Crippen molar-refractivity contribution in [1.29, 1.82) is 0 Å². The smallest absolute Gasteiger partial charge is 0.325 e. The largest absolute Gasteiger partial charge is 0.379 e. The van der Waals surface area contributed by atoms with Crippen LogP contribution in [0.2, 0.25) is 0 Å². The highest BCUT2D eigenvalue weighted by Gasteiger charge is 2.48. The van der Waals surface area contributed by atoms with Crippen LogP contribution in [0.3, 0.4) is 0 Å². The van der Waals surface area contributed by atoms with E-state index in [4.69, 9.17) is 4.74 Å². The second kappa shape index (κ2) is 7.57. The normalized spacial score (nSPS) is 20.7. The van der Waals surface area contributed by atoms with Crippen LogP contribution in [0, 0.1) is 0 Å². The minimum atomic E-state index is -3.63. The van der Waals surface area contributed by atoms with Crippen molar-refractivity contribution in [3.63, 3.8) is 0 Å². The molecule has 1 N–H and O–H groups in total. The average molecular weight is 395 g/mol. The molecule has 2 aliphatic rings. The quantitative estimate of drug-likeness (QED) is 0.733. The zero-order chi connectivity index (χ0) is 19.7. The van der Waals surface area contributed by atoms with Gasteiger partial charge in [0.05, 0.1) is 24.7 Å². The highest BCUT2D eigenvalue weighted by Crippen LogP contribution is 2.27. The number of benzene rings is 1. The Morgan fingerprint density at radius 2 is 1.81 bits per heavy atom. The Morgan fingerprint density at radius 1 is 1.15 bits per heavy atom. The third-order valence-electron chi connectivity index (χ3n) is 5.30. The Kier molecular flexibility index (Phi) is 5.55. The van der Waals surface area contributed by atoms with E-state index in [0.29, 0.717) is 44.7 Å². The maximum atomic E-state index is 12.8. The van der Waals surface area contributed by atoms with Crippen molar-refractivity contribution in [2.45, 2.75) is 43.7 Å². The minimum Gasteiger partial charge on any atom is -0.379 e. The molecule has 2 heterocycles. The van der Waals surface area contributed by atoms with Crippen LogP contribution in [-0.2, 0) is 26.1 Å². The number of morpholine rings is 1. The number of ether oxygens (including phenoxy) is 1. The van der Waals surface area contributed by atoms with Crippen molar-refractivity contribution in [1.82, 2.24) is 14.5 Å². The van der Waals surface area contributed by atoms with Gasteiger partial charge in [-0.2, -0.15) is 4.31 Å². The summed E-state index contributed by atoms with van der Waals surface area (Å²) in [4.78, 5) is 26.4. The Bertz CT molecular complexity index is 829. The van der Waals surface area contributed by atoms with Crippen LogP contribution in [0.15, 0.2) is 29.2 Å². The van der Waals surface area contributed by atoms with E-state index in [1.54, 1.807) is 12.1 Å². The van der Waals surface area contributed by atoms with Gasteiger partial charge in [0.2, 0.25) is 10.0 Å². The number of urea groups is 1. The summed E-state index contributed by atoms with van der Waals surface area (Å²) in [5.41, 5.74) is -0.273. The van der Waals surface area contributed by atoms with Crippen LogP contribution in [0.5, 0.6) is 0 Å². The van der Waals surface area contributed by atoms with E-state index in [1.807, 2.05) is 13.8 Å². The lowest BCUT2D eigenvalue weighted by molar-refractivity contribution is -0.132. The number of carbonyl (C=O) groups excluding carboxylic acids is 2. The second-order valence-corrected chi connectivity index (χ2v) is 8.71. The molecule has 3 amide bonds. The molecule has 1 aromatic rings. The van der Waals surface area contributed by atoms with Crippen molar-refractivity contribution >= 4 is 22.0 Å². The highest BCUT2D eigenvalue weighted by molar-refractivity contribution is 7.89. The summed E-state index contributed by atoms with van der Waals surface area (Å²) >= 11 is 0. The first kappa shape index (κ1) is 19.8. The number of rotatable bonds is 6. The summed E-state index contributed by atoms with van der Waals surface area (Å²) in [6, 6.07) is 5.97. The molecule has 0 unspecified atom stereocenters. The van der Waals surface area contributed by atoms with E-state index in [0.717, 1.165) is 4.90 Å². The monoisotopic (exact) mass is 395 g/mol. The van der Waals surface area contributed by atoms with Gasteiger partial charge in [-0.25, -0.2) is 13.2 Å². The van der Waals surface area contributed by atoms with Crippen molar-refractivity contribution in [3.8, 4) is 0 Å². The van der Waals surface area contributed by atoms with Crippen molar-refractivity contribution in [2.75, 3.05) is 26.3 Å². The van der Waals surface area contributed by atoms with Crippen LogP contribution in [0.4, 0.5) is 4.79 Å². The molecule has 2 fully saturated rings. The first-order chi connectivity index (χ1) is 12.8. The van der Waals surface area contributed by atoms with E-state index in [2.05, 4.69) is 5.32 Å². The maximum absolute atomic E-state index is 12.8. The second-order valence-electron chi connectivity index (χ2n) is 6.77. The summed E-state index contributed by atoms with van der Waals surface area (Å²) in [7, 11) is -3.63. The first-order valence-corrected chi connectivity index (χ1v) is 10.6. The number of imide groups is 1. The Hall–Kier alpha value is -1.97. The molecule has 0 saturated carbocycles. The molecule has 0 bridgehead atoms. The maximum Gasteiger partial charge on any atom is 0.325 e. The average Bonchev–Trinajstić information content (AvgIpc) is 2.93. The minimum absolute atomic E-state index is 0.0406. The molecule has 0 spiro atoms. The third-order valence-corrected chi connectivity index (χ3v) is 7.19. The van der Waals surface area contributed by atoms with E-state index in [1.165, 1.54) is 16.4 Å². The molecule has 0 atom stereocenters. The Morgan fingerprint density at radius 3 is 2.41 bits per heavy atom. The molecule has 2 aliphatic heterocycles. The van der Waals surface area contributed by atoms with Crippen molar-refractivity contribution in [2.24, 2.45) is 0 Å². The molecule has 3 rings (SSSR count). The summed E-state index contributed by atoms with van der Waals surface area (Å²) in [5, 5.41) is 2.78. The highest BCUT2D eigenvalue weighted by atomic mass is 32.2. The summed E-state index contributed by atoms with van der Waals surface area (Å²) in [5.74, 6) is -0.265. The molecular weight excluding hydrogens is 370 g/mol. The number of hydrogen-bond donors (Lipinski definition) is 1. The lowest BCUT2D eigenvalue weighted by Crippen LogP contribution is -2.45. The molecule has 0 radical (unpaired) electrons. The zero-order valence-corrected chi connectivity index (χ0v) is 16.4. The van der Waals surface area contributed by atoms with Crippen LogP contribution < -0.4 is 5.32 Å². The number of sulfonamides is 1. The van der Waals surface area contributed by atoms with Gasteiger partial charge in [0.25, 0.3) is 5.91 Å². The SMILES string of the molecule is CCC1(CC)NC(=O)N(Cc2cccc(S(=O)(=O)N3CCOCC3)c2)C1=O. The summed E-state index contributed by atoms with van der Waals surface area (Å²) in [6.07, 6.45) is 1.02. The molecular formula is C18H25N3O5S. The molecule has 148 valence electrons. The van der Waals surface area contributed by atoms with Gasteiger partial charge in [-0.3, -0.25) is 9.69 Å². The van der Waals surface area contributed by atoms with Crippen LogP contribution in [0.1, 0.15) is 32.3 Å². The predicted octanol–water partition coefficient (Wildman–Crippen LogP) is 1.32. The zero-order valence-electron chi connectivity index (χ0n) is 15.6. The van der Waals surface area contributed by atoms with Gasteiger partial charge in [0.15, 0.2) is 0 Å². The van der Waals surface area contributed by atoms with Gasteiger partial charge in [0, 0.05) is 13.1 Å². The molecule has 0 aliphatic carbocycles. The number of nitrogens with zero attached hydrogens (tertiary/aromatic N) is 2. The van der Waals surface area contributed by atoms with Crippen LogP contribution in [0.25, 0.3) is 0 Å². The third kappa shape index (κ3) is 3.59. The van der Waals surface area contributed by atoms with Gasteiger partial charge in [0.1, 0.15) is 5.54 Å². The lowest BCUT2D eigenvalue weighted by atomic mass is 9.93. The molecule has 0 aromatic heterocycles. The summed E-state index contributed by atoms with van der Waals surface area (Å²) in [6.45, 7) is 5.14. The van der Waals surface area contributed by atoms with Crippen molar-refractivity contribution in [3.05, 3.63) is 29.8 Å². The van der Waals surface area contributed by atoms with E-state index < -0.39 is 21.6 Å². The predicted molar refractivity (Wildman–Crippen MR) is 98.4 cm³/mol. The molecule has 9 heteroatoms. The van der Waals surface area contributed by atoms with Gasteiger partial charge in [-0.15, -0.1) is 0 Å². The van der Waals surface area contributed by atoms with Gasteiger partial charge < -0.3 is 10.1 Å². The van der Waals surface area contributed by atoms with Gasteiger partial charge in [-0.05, 0) is 30.5 Å². The van der Waals surface area contributed by atoms with Crippen LogP contribution >= 0.6 is 0 Å². The van der Waals surface area contributed by atoms with Crippen molar-refractivity contribution < 1.29 is 22.7 Å². The Balaban J connectivity index is 1.82. The fourth-order valence-corrected chi connectivity index (χ4v) is 4.95. The molecule has 2 saturated heterocycles. The van der Waals surface area contributed by atoms with Gasteiger partial charge >= 0.3 is 6.03 Å². The fraction of sp³-hybridized carbons (Fsp3) is 0.556. The van der Waals surface area contributed by atoms with E-state index in [-0.39, 0.29) is 17.3 Å². The molecule has 1 aromatic carbocycles. The fourth-order valence-electron chi connectivity index (χ4n) is 3.47. The Labute approximate surface area is 159 Å². The van der Waals surface area contributed by atoms with Crippen LogP contribution in [-0.4, -0.2) is 61.4 Å². The number of nitrogens with one attached hydrogen (secondary N) is 1. The number of hydrogen-bond acceptors (Lipinski definition) is 5. The number of carbonyl (C=O) groups is 2. The molecule has 27 heavy (non-hydrogen) atoms. The standard InChI is InChI=1S/C18H25N3O5S/c1-3-18(4-2)16(22)21(17(23)19-18)13-14-6-5-7-15(12-14)27(24,25)20-8-10-26-11-9-20/h5-7,12H,3-4,8-11,13H2,1-2H3,(H,19,23). The lowest BCUT2D eigenvalue weighted by Gasteiger charge is -2.26. The molecule has 8 nitrogen and oxygen atoms in total. The van der Waals surface area contributed by atoms with Gasteiger partial charge in [-0.1, -0.05) is 26.0 Å². The first-order valence-electron chi connectivity index (χ1n) is 9.15. The summed E-state index contributed by atoms with van der Waals surface area (Å²) < 4.78 is 32.2. The topological polar surface area (TPSA) is 96.0 Å².